The number of aliphatic hydroxyl groups is 1. The van der Waals surface area contributed by atoms with Crippen LogP contribution in [0.4, 0.5) is 0 Å². The molecule has 0 bridgehead atoms. The van der Waals surface area contributed by atoms with Crippen molar-refractivity contribution in [3.63, 3.8) is 0 Å². The van der Waals surface area contributed by atoms with Crippen LogP contribution in [0.5, 0.6) is 0 Å². The van der Waals surface area contributed by atoms with Gasteiger partial charge in [-0.3, -0.25) is 0 Å². The van der Waals surface area contributed by atoms with Crippen LogP contribution in [0.1, 0.15) is 12.5 Å². The molecule has 0 amide bonds. The first-order valence-electron chi connectivity index (χ1n) is 5.19. The average molecular weight is 228 g/mol. The normalized spacial score (nSPS) is 13.1. The van der Waals surface area contributed by atoms with Crippen LogP contribution in [0.25, 0.3) is 0 Å². The molecule has 84 valence electrons. The fourth-order valence-corrected chi connectivity index (χ4v) is 1.59. The van der Waals surface area contributed by atoms with Gasteiger partial charge in [0.15, 0.2) is 0 Å². The highest BCUT2D eigenvalue weighted by Crippen LogP contribution is 2.15. The van der Waals surface area contributed by atoms with Crippen LogP contribution in [0.2, 0.25) is 5.02 Å². The second-order valence-corrected chi connectivity index (χ2v) is 4.26. The predicted molar refractivity (Wildman–Crippen MR) is 64.3 cm³/mol. The van der Waals surface area contributed by atoms with Crippen LogP contribution in [0, 0.1) is 0 Å². The summed E-state index contributed by atoms with van der Waals surface area (Å²) in [4.78, 5) is 2.13. The Kier molecular flexibility index (Phi) is 5.09. The number of benzene rings is 1. The number of aliphatic hydroxyl groups excluding tert-OH is 1. The van der Waals surface area contributed by atoms with Crippen molar-refractivity contribution < 1.29 is 5.11 Å². The molecule has 1 unspecified atom stereocenters. The van der Waals surface area contributed by atoms with Crippen LogP contribution >= 0.6 is 11.6 Å². The summed E-state index contributed by atoms with van der Waals surface area (Å²) in [5.41, 5.74) is 1.16. The van der Waals surface area contributed by atoms with Crippen molar-refractivity contribution in [1.82, 2.24) is 4.90 Å². The Hall–Kier alpha value is -0.570. The highest BCUT2D eigenvalue weighted by Gasteiger charge is 2.08. The van der Waals surface area contributed by atoms with E-state index in [1.54, 1.807) is 0 Å². The molecule has 2 nitrogen and oxygen atoms in total. The maximum absolute atomic E-state index is 8.99. The average Bonchev–Trinajstić information content (AvgIpc) is 2.26. The number of nitrogens with zero attached hydrogens (tertiary/aromatic N) is 1. The molecular formula is C12H18ClNO. The number of hydrogen-bond acceptors (Lipinski definition) is 2. The first kappa shape index (κ1) is 12.5. The minimum absolute atomic E-state index is 0.193. The largest absolute Gasteiger partial charge is 0.395 e. The van der Waals surface area contributed by atoms with E-state index in [0.717, 1.165) is 23.6 Å². The second-order valence-electron chi connectivity index (χ2n) is 3.85. The first-order chi connectivity index (χ1) is 7.15. The van der Waals surface area contributed by atoms with Crippen molar-refractivity contribution in [3.05, 3.63) is 34.9 Å². The summed E-state index contributed by atoms with van der Waals surface area (Å²) in [5, 5.41) is 9.81. The molecule has 1 atom stereocenters. The SMILES string of the molecule is CC(CO)N(C)CCc1ccccc1Cl. The van der Waals surface area contributed by atoms with Crippen LogP contribution in [0.15, 0.2) is 24.3 Å². The van der Waals surface area contributed by atoms with Crippen LogP contribution < -0.4 is 0 Å². The maximum atomic E-state index is 8.99. The number of likely N-dealkylation sites (N-methyl/N-ethyl adjacent to an activating group) is 1. The number of halogens is 1. The van der Waals surface area contributed by atoms with Crippen molar-refractivity contribution in [2.24, 2.45) is 0 Å². The smallest absolute Gasteiger partial charge is 0.0584 e. The fraction of sp³-hybridized carbons (Fsp3) is 0.500. The van der Waals surface area contributed by atoms with Crippen molar-refractivity contribution in [2.75, 3.05) is 20.2 Å². The van der Waals surface area contributed by atoms with E-state index >= 15 is 0 Å². The molecule has 0 aliphatic carbocycles. The standard InChI is InChI=1S/C12H18ClNO/c1-10(9-15)14(2)8-7-11-5-3-4-6-12(11)13/h3-6,10,15H,7-9H2,1-2H3. The van der Waals surface area contributed by atoms with Gasteiger partial charge in [0, 0.05) is 17.6 Å². The molecule has 0 radical (unpaired) electrons. The van der Waals surface area contributed by atoms with E-state index in [1.807, 2.05) is 38.2 Å². The third-order valence-corrected chi connectivity index (χ3v) is 3.08. The summed E-state index contributed by atoms with van der Waals surface area (Å²) in [7, 11) is 2.01. The summed E-state index contributed by atoms with van der Waals surface area (Å²) in [6, 6.07) is 8.09. The van der Waals surface area contributed by atoms with E-state index in [4.69, 9.17) is 16.7 Å². The predicted octanol–water partition coefficient (Wildman–Crippen LogP) is 2.20. The van der Waals surface area contributed by atoms with Crippen molar-refractivity contribution in [3.8, 4) is 0 Å². The Morgan fingerprint density at radius 2 is 2.07 bits per heavy atom. The molecule has 0 fully saturated rings. The Labute approximate surface area is 96.5 Å². The number of hydrogen-bond donors (Lipinski definition) is 1. The fourth-order valence-electron chi connectivity index (χ4n) is 1.36. The lowest BCUT2D eigenvalue weighted by molar-refractivity contribution is 0.160. The molecule has 0 aliphatic heterocycles. The van der Waals surface area contributed by atoms with Gasteiger partial charge in [0.2, 0.25) is 0 Å². The zero-order valence-electron chi connectivity index (χ0n) is 9.28. The molecule has 3 heteroatoms. The lowest BCUT2D eigenvalue weighted by atomic mass is 10.1. The van der Waals surface area contributed by atoms with E-state index < -0.39 is 0 Å². The highest BCUT2D eigenvalue weighted by atomic mass is 35.5. The second kappa shape index (κ2) is 6.11. The summed E-state index contributed by atoms with van der Waals surface area (Å²) < 4.78 is 0. The van der Waals surface area contributed by atoms with Crippen LogP contribution in [-0.4, -0.2) is 36.2 Å². The Bertz CT molecular complexity index is 303. The van der Waals surface area contributed by atoms with Gasteiger partial charge in [0.05, 0.1) is 6.61 Å². The minimum Gasteiger partial charge on any atom is -0.395 e. The van der Waals surface area contributed by atoms with E-state index in [9.17, 15) is 0 Å². The Morgan fingerprint density at radius 1 is 1.40 bits per heavy atom. The van der Waals surface area contributed by atoms with Crippen LogP contribution in [-0.2, 0) is 6.42 Å². The van der Waals surface area contributed by atoms with Crippen molar-refractivity contribution in [1.29, 1.82) is 0 Å². The first-order valence-corrected chi connectivity index (χ1v) is 5.57. The molecule has 0 aromatic heterocycles. The molecule has 15 heavy (non-hydrogen) atoms. The van der Waals surface area contributed by atoms with E-state index in [1.165, 1.54) is 0 Å². The van der Waals surface area contributed by atoms with Gasteiger partial charge >= 0.3 is 0 Å². The molecule has 0 spiro atoms. The van der Waals surface area contributed by atoms with Gasteiger partial charge in [0.25, 0.3) is 0 Å². The van der Waals surface area contributed by atoms with E-state index in [0.29, 0.717) is 0 Å². The molecule has 0 saturated carbocycles. The van der Waals surface area contributed by atoms with Gasteiger partial charge in [0.1, 0.15) is 0 Å². The zero-order chi connectivity index (χ0) is 11.3. The van der Waals surface area contributed by atoms with E-state index in [-0.39, 0.29) is 12.6 Å². The quantitative estimate of drug-likeness (QED) is 0.834. The molecule has 1 rings (SSSR count). The Balaban J connectivity index is 2.47. The van der Waals surface area contributed by atoms with Gasteiger partial charge in [-0.25, -0.2) is 0 Å². The molecule has 1 aromatic rings. The van der Waals surface area contributed by atoms with Gasteiger partial charge < -0.3 is 10.0 Å². The molecule has 0 heterocycles. The molecule has 0 saturated heterocycles. The molecular weight excluding hydrogens is 210 g/mol. The molecule has 1 N–H and O–H groups in total. The highest BCUT2D eigenvalue weighted by molar-refractivity contribution is 6.31. The zero-order valence-corrected chi connectivity index (χ0v) is 10.0. The Morgan fingerprint density at radius 3 is 2.67 bits per heavy atom. The van der Waals surface area contributed by atoms with Gasteiger partial charge in [-0.05, 0) is 32.0 Å². The third kappa shape index (κ3) is 3.82. The third-order valence-electron chi connectivity index (χ3n) is 2.71. The molecule has 1 aromatic carbocycles. The summed E-state index contributed by atoms with van der Waals surface area (Å²) in [5.74, 6) is 0. The topological polar surface area (TPSA) is 23.5 Å². The van der Waals surface area contributed by atoms with Gasteiger partial charge in [-0.2, -0.15) is 0 Å². The molecule has 0 aliphatic rings. The van der Waals surface area contributed by atoms with Crippen molar-refractivity contribution in [2.45, 2.75) is 19.4 Å². The van der Waals surface area contributed by atoms with Gasteiger partial charge in [-0.1, -0.05) is 29.8 Å². The maximum Gasteiger partial charge on any atom is 0.0584 e. The summed E-state index contributed by atoms with van der Waals surface area (Å²) >= 11 is 6.05. The lowest BCUT2D eigenvalue weighted by Crippen LogP contribution is -2.33. The minimum atomic E-state index is 0.193. The van der Waals surface area contributed by atoms with E-state index in [2.05, 4.69) is 4.90 Å². The number of rotatable bonds is 5. The summed E-state index contributed by atoms with van der Waals surface area (Å²) in [6.07, 6.45) is 0.917. The van der Waals surface area contributed by atoms with Crippen molar-refractivity contribution >= 4 is 11.6 Å². The van der Waals surface area contributed by atoms with Gasteiger partial charge in [-0.15, -0.1) is 0 Å². The summed E-state index contributed by atoms with van der Waals surface area (Å²) in [6.45, 7) is 3.11. The van der Waals surface area contributed by atoms with Crippen LogP contribution in [0.3, 0.4) is 0 Å². The lowest BCUT2D eigenvalue weighted by Gasteiger charge is -2.22. The monoisotopic (exact) mass is 227 g/mol.